The highest BCUT2D eigenvalue weighted by atomic mass is 16.3. The first kappa shape index (κ1) is 14.0. The number of nitrogens with one attached hydrogen (secondary N) is 1. The zero-order chi connectivity index (χ0) is 16.0. The van der Waals surface area contributed by atoms with Gasteiger partial charge in [0.15, 0.2) is 11.3 Å². The predicted molar refractivity (Wildman–Crippen MR) is 81.9 cm³/mol. The van der Waals surface area contributed by atoms with E-state index in [9.17, 15) is 9.90 Å². The van der Waals surface area contributed by atoms with E-state index in [0.29, 0.717) is 17.5 Å². The molecule has 0 bridgehead atoms. The second-order valence-corrected chi connectivity index (χ2v) is 5.87. The third-order valence-electron chi connectivity index (χ3n) is 4.17. The van der Waals surface area contributed by atoms with Crippen LogP contribution in [0.1, 0.15) is 28.6 Å². The number of aryl methyl sites for hydroxylation is 1. The fraction of sp³-hybridized carbons (Fsp3) is 0.312. The fourth-order valence-electron chi connectivity index (χ4n) is 2.93. The van der Waals surface area contributed by atoms with Crippen LogP contribution in [0.5, 0.6) is 0 Å². The fourth-order valence-corrected chi connectivity index (χ4v) is 2.93. The van der Waals surface area contributed by atoms with Crippen LogP contribution in [0.15, 0.2) is 41.2 Å². The molecule has 23 heavy (non-hydrogen) atoms. The van der Waals surface area contributed by atoms with Crippen molar-refractivity contribution >= 4 is 17.0 Å². The minimum atomic E-state index is -0.517. The lowest BCUT2D eigenvalue weighted by molar-refractivity contribution is -0.00624. The standard InChI is InChI=1S/C16H16N4O3/c1-9-7-18-20(8-9)15-11(5-12(15)21)19-16(22)14-6-10-13(23-14)3-2-4-17-10/h2-4,6-8,11-12,15,21H,5H2,1H3,(H,19,22)/t11-,12+,15+/m1/s1. The molecule has 4 rings (SSSR count). The molecule has 1 amide bonds. The van der Waals surface area contributed by atoms with Gasteiger partial charge in [0, 0.05) is 18.5 Å². The Morgan fingerprint density at radius 1 is 1.52 bits per heavy atom. The molecule has 118 valence electrons. The van der Waals surface area contributed by atoms with Crippen molar-refractivity contribution in [3.05, 3.63) is 48.1 Å². The minimum Gasteiger partial charge on any atom is -0.449 e. The zero-order valence-electron chi connectivity index (χ0n) is 12.5. The molecule has 3 atom stereocenters. The molecular weight excluding hydrogens is 296 g/mol. The van der Waals surface area contributed by atoms with E-state index in [1.54, 1.807) is 35.3 Å². The molecule has 0 aliphatic heterocycles. The second-order valence-electron chi connectivity index (χ2n) is 5.87. The number of aromatic nitrogens is 3. The van der Waals surface area contributed by atoms with Crippen molar-refractivity contribution in [2.24, 2.45) is 0 Å². The second kappa shape index (κ2) is 5.20. The molecule has 1 fully saturated rings. The molecule has 3 heterocycles. The number of carbonyl (C=O) groups is 1. The Morgan fingerprint density at radius 3 is 3.09 bits per heavy atom. The lowest BCUT2D eigenvalue weighted by atomic mass is 9.83. The molecule has 0 aromatic carbocycles. The van der Waals surface area contributed by atoms with Crippen LogP contribution in [0.4, 0.5) is 0 Å². The number of nitrogens with zero attached hydrogens (tertiary/aromatic N) is 3. The van der Waals surface area contributed by atoms with Gasteiger partial charge in [0.2, 0.25) is 0 Å². The van der Waals surface area contributed by atoms with Crippen molar-refractivity contribution < 1.29 is 14.3 Å². The molecule has 3 aromatic heterocycles. The topological polar surface area (TPSA) is 93.2 Å². The SMILES string of the molecule is Cc1cnn([C@@H]2[C@@H](O)C[C@H]2NC(=O)c2cc3ncccc3o2)c1. The van der Waals surface area contributed by atoms with Crippen LogP contribution < -0.4 is 5.32 Å². The summed E-state index contributed by atoms with van der Waals surface area (Å²) in [5, 5.41) is 17.1. The summed E-state index contributed by atoms with van der Waals surface area (Å²) in [7, 11) is 0. The maximum Gasteiger partial charge on any atom is 0.287 e. The predicted octanol–water partition coefficient (Wildman–Crippen LogP) is 1.44. The zero-order valence-corrected chi connectivity index (χ0v) is 12.5. The molecule has 7 nitrogen and oxygen atoms in total. The van der Waals surface area contributed by atoms with Crippen LogP contribution in [0, 0.1) is 6.92 Å². The average molecular weight is 312 g/mol. The first-order valence-electron chi connectivity index (χ1n) is 7.46. The molecular formula is C16H16N4O3. The maximum absolute atomic E-state index is 12.4. The third kappa shape index (κ3) is 2.39. The van der Waals surface area contributed by atoms with Gasteiger partial charge < -0.3 is 14.8 Å². The van der Waals surface area contributed by atoms with E-state index in [1.807, 2.05) is 13.1 Å². The van der Waals surface area contributed by atoms with Crippen LogP contribution in [0.25, 0.3) is 11.1 Å². The molecule has 7 heteroatoms. The highest BCUT2D eigenvalue weighted by Gasteiger charge is 2.43. The first-order chi connectivity index (χ1) is 11.1. The van der Waals surface area contributed by atoms with Crippen molar-refractivity contribution in [3.63, 3.8) is 0 Å². The minimum absolute atomic E-state index is 0.182. The number of furan rings is 1. The van der Waals surface area contributed by atoms with E-state index >= 15 is 0 Å². The number of fused-ring (bicyclic) bond motifs is 1. The van der Waals surface area contributed by atoms with Crippen LogP contribution in [0.3, 0.4) is 0 Å². The Bertz CT molecular complexity index is 836. The third-order valence-corrected chi connectivity index (χ3v) is 4.17. The Labute approximate surface area is 131 Å². The van der Waals surface area contributed by atoms with E-state index in [1.165, 1.54) is 0 Å². The van der Waals surface area contributed by atoms with Gasteiger partial charge in [0.05, 0.1) is 24.4 Å². The molecule has 0 spiro atoms. The largest absolute Gasteiger partial charge is 0.449 e. The van der Waals surface area contributed by atoms with Crippen LogP contribution >= 0.6 is 0 Å². The van der Waals surface area contributed by atoms with E-state index in [2.05, 4.69) is 15.4 Å². The van der Waals surface area contributed by atoms with Gasteiger partial charge in [-0.3, -0.25) is 14.5 Å². The van der Waals surface area contributed by atoms with Crippen molar-refractivity contribution in [2.45, 2.75) is 31.5 Å². The summed E-state index contributed by atoms with van der Waals surface area (Å²) in [5.41, 5.74) is 2.23. The quantitative estimate of drug-likeness (QED) is 0.763. The van der Waals surface area contributed by atoms with E-state index in [4.69, 9.17) is 4.42 Å². The summed E-state index contributed by atoms with van der Waals surface area (Å²) >= 11 is 0. The van der Waals surface area contributed by atoms with Crippen LogP contribution in [-0.2, 0) is 0 Å². The van der Waals surface area contributed by atoms with Gasteiger partial charge in [-0.2, -0.15) is 5.10 Å². The van der Waals surface area contributed by atoms with Gasteiger partial charge in [-0.15, -0.1) is 0 Å². The van der Waals surface area contributed by atoms with Crippen molar-refractivity contribution in [2.75, 3.05) is 0 Å². The van der Waals surface area contributed by atoms with Gasteiger partial charge >= 0.3 is 0 Å². The van der Waals surface area contributed by atoms with Crippen LogP contribution in [-0.4, -0.2) is 37.9 Å². The van der Waals surface area contributed by atoms with E-state index in [-0.39, 0.29) is 23.8 Å². The Hall–Kier alpha value is -2.67. The number of aliphatic hydroxyl groups excluding tert-OH is 1. The molecule has 1 aliphatic rings. The van der Waals surface area contributed by atoms with Gasteiger partial charge in [0.25, 0.3) is 5.91 Å². The molecule has 0 saturated heterocycles. The summed E-state index contributed by atoms with van der Waals surface area (Å²) in [4.78, 5) is 16.5. The van der Waals surface area contributed by atoms with Gasteiger partial charge in [0.1, 0.15) is 5.52 Å². The normalized spacial score (nSPS) is 23.7. The Kier molecular flexibility index (Phi) is 3.16. The summed E-state index contributed by atoms with van der Waals surface area (Å²) in [6, 6.07) is 4.70. The molecule has 1 saturated carbocycles. The highest BCUT2D eigenvalue weighted by Crippen LogP contribution is 2.33. The molecule has 0 radical (unpaired) electrons. The molecule has 0 unspecified atom stereocenters. The Balaban J connectivity index is 1.52. The van der Waals surface area contributed by atoms with Gasteiger partial charge in [-0.05, 0) is 31.0 Å². The number of carbonyl (C=O) groups excluding carboxylic acids is 1. The summed E-state index contributed by atoms with van der Waals surface area (Å²) < 4.78 is 7.21. The van der Waals surface area contributed by atoms with Crippen molar-refractivity contribution in [1.82, 2.24) is 20.1 Å². The Morgan fingerprint density at radius 2 is 2.39 bits per heavy atom. The van der Waals surface area contributed by atoms with E-state index in [0.717, 1.165) is 5.56 Å². The van der Waals surface area contributed by atoms with Gasteiger partial charge in [-0.1, -0.05) is 0 Å². The monoisotopic (exact) mass is 312 g/mol. The summed E-state index contributed by atoms with van der Waals surface area (Å²) in [5.74, 6) is -0.0933. The average Bonchev–Trinajstić information content (AvgIpc) is 3.12. The summed E-state index contributed by atoms with van der Waals surface area (Å²) in [6.45, 7) is 1.93. The van der Waals surface area contributed by atoms with Crippen molar-refractivity contribution in [3.8, 4) is 0 Å². The summed E-state index contributed by atoms with van der Waals surface area (Å²) in [6.07, 6.45) is 5.22. The number of rotatable bonds is 3. The van der Waals surface area contributed by atoms with Gasteiger partial charge in [-0.25, -0.2) is 0 Å². The highest BCUT2D eigenvalue weighted by molar-refractivity contribution is 5.95. The van der Waals surface area contributed by atoms with E-state index < -0.39 is 6.10 Å². The lowest BCUT2D eigenvalue weighted by Gasteiger charge is -2.41. The number of hydrogen-bond acceptors (Lipinski definition) is 5. The van der Waals surface area contributed by atoms with Crippen molar-refractivity contribution in [1.29, 1.82) is 0 Å². The smallest absolute Gasteiger partial charge is 0.287 e. The first-order valence-corrected chi connectivity index (χ1v) is 7.46. The number of pyridine rings is 1. The number of amides is 1. The number of hydrogen-bond donors (Lipinski definition) is 2. The molecule has 3 aromatic rings. The number of aliphatic hydroxyl groups is 1. The molecule has 1 aliphatic carbocycles. The lowest BCUT2D eigenvalue weighted by Crippen LogP contribution is -2.56. The molecule has 2 N–H and O–H groups in total. The van der Waals surface area contributed by atoms with Crippen LogP contribution in [0.2, 0.25) is 0 Å². The maximum atomic E-state index is 12.4.